The lowest BCUT2D eigenvalue weighted by atomic mass is 9.88. The maximum absolute atomic E-state index is 12.5. The van der Waals surface area contributed by atoms with E-state index in [0.29, 0.717) is 0 Å². The Bertz CT molecular complexity index is 622. The number of urea groups is 1. The molecule has 1 aromatic heterocycles. The van der Waals surface area contributed by atoms with Gasteiger partial charge in [-0.1, -0.05) is 32.4 Å². The van der Waals surface area contributed by atoms with Gasteiger partial charge in [0.25, 0.3) is 5.91 Å². The summed E-state index contributed by atoms with van der Waals surface area (Å²) in [6.07, 6.45) is 0. The van der Waals surface area contributed by atoms with Crippen molar-refractivity contribution in [1.82, 2.24) is 15.1 Å². The Kier molecular flexibility index (Phi) is 3.48. The van der Waals surface area contributed by atoms with Crippen LogP contribution in [-0.2, 0) is 10.2 Å². The number of hydrogen-bond donors (Lipinski definition) is 0. The Morgan fingerprint density at radius 1 is 1.19 bits per heavy atom. The van der Waals surface area contributed by atoms with E-state index in [1.165, 1.54) is 4.90 Å². The number of halogens is 1. The van der Waals surface area contributed by atoms with Gasteiger partial charge >= 0.3 is 6.03 Å². The number of hydrogen-bond acceptors (Lipinski definition) is 4. The second-order valence-electron chi connectivity index (χ2n) is 6.70. The van der Waals surface area contributed by atoms with Crippen LogP contribution in [-0.4, -0.2) is 39.6 Å². The van der Waals surface area contributed by atoms with Gasteiger partial charge in [0.2, 0.25) is 0 Å². The van der Waals surface area contributed by atoms with Gasteiger partial charge in [-0.15, -0.1) is 10.2 Å². The van der Waals surface area contributed by atoms with E-state index < -0.39 is 11.6 Å². The summed E-state index contributed by atoms with van der Waals surface area (Å²) < 4.78 is 0. The molecule has 0 saturated carbocycles. The Hall–Kier alpha value is -1.69. The Morgan fingerprint density at radius 3 is 2.19 bits per heavy atom. The van der Waals surface area contributed by atoms with Crippen molar-refractivity contribution >= 4 is 29.4 Å². The molecule has 21 heavy (non-hydrogen) atoms. The molecule has 1 aliphatic heterocycles. The van der Waals surface area contributed by atoms with Crippen molar-refractivity contribution in [3.63, 3.8) is 0 Å². The highest BCUT2D eigenvalue weighted by Gasteiger charge is 2.50. The van der Waals surface area contributed by atoms with Crippen molar-refractivity contribution in [3.8, 4) is 0 Å². The van der Waals surface area contributed by atoms with Gasteiger partial charge in [-0.05, 0) is 25.3 Å². The van der Waals surface area contributed by atoms with E-state index in [1.807, 2.05) is 20.8 Å². The van der Waals surface area contributed by atoms with E-state index in [-0.39, 0.29) is 22.3 Å². The second kappa shape index (κ2) is 4.66. The summed E-state index contributed by atoms with van der Waals surface area (Å²) in [6, 6.07) is 1.24. The fraction of sp³-hybridized carbons (Fsp3) is 0.571. The van der Waals surface area contributed by atoms with Crippen LogP contribution < -0.4 is 4.90 Å². The molecule has 2 heterocycles. The molecule has 114 valence electrons. The number of carbonyl (C=O) groups is 2. The third-order valence-corrected chi connectivity index (χ3v) is 4.10. The van der Waals surface area contributed by atoms with Crippen LogP contribution in [0.25, 0.3) is 0 Å². The molecule has 0 spiro atoms. The molecule has 0 radical (unpaired) electrons. The minimum absolute atomic E-state index is 0.205. The lowest BCUT2D eigenvalue weighted by Gasteiger charge is -2.22. The lowest BCUT2D eigenvalue weighted by Crippen LogP contribution is -2.41. The summed E-state index contributed by atoms with van der Waals surface area (Å²) in [7, 11) is 1.59. The maximum Gasteiger partial charge on any atom is 0.333 e. The van der Waals surface area contributed by atoms with Gasteiger partial charge in [0.1, 0.15) is 5.54 Å². The van der Waals surface area contributed by atoms with Crippen LogP contribution in [0.2, 0.25) is 5.15 Å². The number of likely N-dealkylation sites (N-methyl/N-ethyl adjacent to an activating group) is 1. The minimum Gasteiger partial charge on any atom is -0.313 e. The number of carbonyl (C=O) groups excluding carboxylic acids is 2. The molecular formula is C14H19ClN4O2. The van der Waals surface area contributed by atoms with E-state index in [2.05, 4.69) is 10.2 Å². The highest BCUT2D eigenvalue weighted by molar-refractivity contribution is 6.30. The number of rotatable bonds is 1. The maximum atomic E-state index is 12.5. The molecule has 0 aromatic carbocycles. The van der Waals surface area contributed by atoms with Gasteiger partial charge in [-0.3, -0.25) is 4.79 Å². The molecule has 0 aliphatic carbocycles. The standard InChI is InChI=1S/C14H19ClN4O2/c1-13(2,3)8-7-9(16-17-10(8)15)19-11(20)14(4,5)18(6)12(19)21/h7H,1-6H3. The average molecular weight is 311 g/mol. The lowest BCUT2D eigenvalue weighted by molar-refractivity contribution is -0.123. The van der Waals surface area contributed by atoms with Crippen LogP contribution in [0.1, 0.15) is 40.2 Å². The van der Waals surface area contributed by atoms with Crippen LogP contribution in [0.3, 0.4) is 0 Å². The predicted molar refractivity (Wildman–Crippen MR) is 80.5 cm³/mol. The normalized spacial score (nSPS) is 18.6. The molecule has 0 unspecified atom stereocenters. The molecular weight excluding hydrogens is 292 g/mol. The number of anilines is 1. The molecule has 0 bridgehead atoms. The Labute approximate surface area is 129 Å². The first-order valence-electron chi connectivity index (χ1n) is 6.64. The number of aromatic nitrogens is 2. The highest BCUT2D eigenvalue weighted by Crippen LogP contribution is 2.33. The van der Waals surface area contributed by atoms with Gasteiger partial charge in [-0.2, -0.15) is 0 Å². The van der Waals surface area contributed by atoms with Crippen molar-refractivity contribution in [3.05, 3.63) is 16.8 Å². The predicted octanol–water partition coefficient (Wildman–Crippen LogP) is 2.60. The molecule has 3 amide bonds. The van der Waals surface area contributed by atoms with E-state index >= 15 is 0 Å². The van der Waals surface area contributed by atoms with Crippen molar-refractivity contribution in [1.29, 1.82) is 0 Å². The van der Waals surface area contributed by atoms with Crippen LogP contribution in [0.4, 0.5) is 10.6 Å². The summed E-state index contributed by atoms with van der Waals surface area (Å²) in [4.78, 5) is 27.2. The van der Waals surface area contributed by atoms with Crippen LogP contribution >= 0.6 is 11.6 Å². The van der Waals surface area contributed by atoms with Gasteiger partial charge < -0.3 is 4.90 Å². The van der Waals surface area contributed by atoms with Gasteiger partial charge in [-0.25, -0.2) is 9.69 Å². The average Bonchev–Trinajstić information content (AvgIpc) is 2.51. The summed E-state index contributed by atoms with van der Waals surface area (Å²) in [5.74, 6) is -0.122. The molecule has 1 saturated heterocycles. The van der Waals surface area contributed by atoms with E-state index in [1.54, 1.807) is 27.0 Å². The monoisotopic (exact) mass is 310 g/mol. The van der Waals surface area contributed by atoms with E-state index in [0.717, 1.165) is 10.5 Å². The van der Waals surface area contributed by atoms with Crippen LogP contribution in [0, 0.1) is 0 Å². The van der Waals surface area contributed by atoms with E-state index in [9.17, 15) is 9.59 Å². The Morgan fingerprint density at radius 2 is 1.76 bits per heavy atom. The smallest absolute Gasteiger partial charge is 0.313 e. The quantitative estimate of drug-likeness (QED) is 0.748. The summed E-state index contributed by atoms with van der Waals surface area (Å²) in [5.41, 5.74) is -0.433. The number of imide groups is 1. The molecule has 6 nitrogen and oxygen atoms in total. The molecule has 7 heteroatoms. The number of amides is 3. The minimum atomic E-state index is -0.902. The fourth-order valence-corrected chi connectivity index (χ4v) is 2.47. The highest BCUT2D eigenvalue weighted by atomic mass is 35.5. The first kappa shape index (κ1) is 15.7. The molecule has 2 rings (SSSR count). The first-order valence-corrected chi connectivity index (χ1v) is 7.02. The van der Waals surface area contributed by atoms with Gasteiger partial charge in [0, 0.05) is 12.6 Å². The van der Waals surface area contributed by atoms with Crippen molar-refractivity contribution in [2.75, 3.05) is 11.9 Å². The second-order valence-corrected chi connectivity index (χ2v) is 7.06. The third-order valence-electron chi connectivity index (χ3n) is 3.82. The summed E-state index contributed by atoms with van der Waals surface area (Å²) in [6.45, 7) is 9.32. The van der Waals surface area contributed by atoms with Crippen molar-refractivity contribution in [2.24, 2.45) is 0 Å². The Balaban J connectivity index is 2.54. The fourth-order valence-electron chi connectivity index (χ4n) is 2.10. The molecule has 0 N–H and O–H groups in total. The first-order chi connectivity index (χ1) is 9.48. The zero-order chi connectivity index (χ0) is 16.2. The SMILES string of the molecule is CN1C(=O)N(c2cc(C(C)(C)C)c(Cl)nn2)C(=O)C1(C)C. The van der Waals surface area contributed by atoms with Crippen molar-refractivity contribution in [2.45, 2.75) is 45.6 Å². The molecule has 1 fully saturated rings. The zero-order valence-corrected chi connectivity index (χ0v) is 13.8. The molecule has 1 aliphatic rings. The largest absolute Gasteiger partial charge is 0.333 e. The van der Waals surface area contributed by atoms with Crippen molar-refractivity contribution < 1.29 is 9.59 Å². The summed E-state index contributed by atoms with van der Waals surface area (Å²) in [5, 5.41) is 8.07. The zero-order valence-electron chi connectivity index (χ0n) is 13.1. The van der Waals surface area contributed by atoms with Crippen LogP contribution in [0.5, 0.6) is 0 Å². The third kappa shape index (κ3) is 2.37. The topological polar surface area (TPSA) is 66.4 Å². The van der Waals surface area contributed by atoms with Gasteiger partial charge in [0.05, 0.1) is 0 Å². The van der Waals surface area contributed by atoms with Gasteiger partial charge in [0.15, 0.2) is 11.0 Å². The molecule has 1 aromatic rings. The molecule has 0 atom stereocenters. The van der Waals surface area contributed by atoms with Crippen LogP contribution in [0.15, 0.2) is 6.07 Å². The number of nitrogens with zero attached hydrogens (tertiary/aromatic N) is 4. The van der Waals surface area contributed by atoms with E-state index in [4.69, 9.17) is 11.6 Å². The summed E-state index contributed by atoms with van der Waals surface area (Å²) >= 11 is 6.07.